The average Bonchev–Trinajstić information content (AvgIpc) is 2.67. The minimum Gasteiger partial charge on any atom is -0.469 e. The second kappa shape index (κ2) is 8.58. The van der Waals surface area contributed by atoms with Crippen molar-refractivity contribution in [2.45, 2.75) is 18.9 Å². The number of hydrogen-bond acceptors (Lipinski definition) is 4. The maximum atomic E-state index is 12.7. The summed E-state index contributed by atoms with van der Waals surface area (Å²) in [6.45, 7) is 1.73. The van der Waals surface area contributed by atoms with Gasteiger partial charge >= 0.3 is 5.97 Å². The first-order chi connectivity index (χ1) is 12.4. The highest BCUT2D eigenvalue weighted by Gasteiger charge is 2.37. The third kappa shape index (κ3) is 4.67. The smallest absolute Gasteiger partial charge is 0.308 e. The average molecular weight is 370 g/mol. The van der Waals surface area contributed by atoms with Gasteiger partial charge < -0.3 is 15.0 Å². The Morgan fingerprint density at radius 1 is 1.08 bits per heavy atom. The van der Waals surface area contributed by atoms with Crippen molar-refractivity contribution in [1.82, 2.24) is 5.32 Å². The number of nitrogens with zero attached hydrogens (tertiary/aromatic N) is 1. The summed E-state index contributed by atoms with van der Waals surface area (Å²) in [6, 6.07) is 18.3. The molecule has 26 heavy (non-hydrogen) atoms. The lowest BCUT2D eigenvalue weighted by Gasteiger charge is -2.35. The third-order valence-electron chi connectivity index (χ3n) is 4.07. The predicted molar refractivity (Wildman–Crippen MR) is 106 cm³/mol. The number of carbonyl (C=O) groups is 2. The fraction of sp³-hybridized carbons (Fsp3) is 0.250. The van der Waals surface area contributed by atoms with E-state index >= 15 is 0 Å². The van der Waals surface area contributed by atoms with E-state index in [2.05, 4.69) is 5.32 Å². The highest BCUT2D eigenvalue weighted by atomic mass is 32.1. The minimum atomic E-state index is -1.08. The number of hydrogen-bond donors (Lipinski definition) is 1. The van der Waals surface area contributed by atoms with Gasteiger partial charge in [-0.1, -0.05) is 48.6 Å². The molecule has 2 aromatic carbocycles. The Balaban J connectivity index is 2.30. The number of amides is 1. The molecule has 0 radical (unpaired) electrons. The number of thiocarbonyl (C=S) groups is 1. The van der Waals surface area contributed by atoms with Gasteiger partial charge in [-0.2, -0.15) is 0 Å². The first kappa shape index (κ1) is 19.6. The summed E-state index contributed by atoms with van der Waals surface area (Å²) in [7, 11) is 3.12. The van der Waals surface area contributed by atoms with E-state index in [1.54, 1.807) is 36.1 Å². The molecule has 1 amide bonds. The van der Waals surface area contributed by atoms with Crippen molar-refractivity contribution in [3.8, 4) is 0 Å². The maximum Gasteiger partial charge on any atom is 0.308 e. The van der Waals surface area contributed by atoms with Gasteiger partial charge in [-0.15, -0.1) is 0 Å². The van der Waals surface area contributed by atoms with Crippen LogP contribution in [-0.4, -0.2) is 36.6 Å². The number of para-hydroxylation sites is 1. The first-order valence-corrected chi connectivity index (χ1v) is 8.56. The van der Waals surface area contributed by atoms with Gasteiger partial charge in [0.25, 0.3) is 5.91 Å². The number of ether oxygens (including phenoxy) is 1. The van der Waals surface area contributed by atoms with E-state index in [1.807, 2.05) is 43.4 Å². The van der Waals surface area contributed by atoms with Gasteiger partial charge in [-0.05, 0) is 31.2 Å². The van der Waals surface area contributed by atoms with Gasteiger partial charge in [-0.3, -0.25) is 9.59 Å². The molecular weight excluding hydrogens is 348 g/mol. The monoisotopic (exact) mass is 370 g/mol. The topological polar surface area (TPSA) is 58.6 Å². The second-order valence-corrected chi connectivity index (χ2v) is 6.49. The molecule has 5 nitrogen and oxygen atoms in total. The molecule has 0 fully saturated rings. The summed E-state index contributed by atoms with van der Waals surface area (Å²) in [6.07, 6.45) is -0.0713. The number of anilines is 1. The van der Waals surface area contributed by atoms with Gasteiger partial charge in [0.2, 0.25) is 0 Å². The lowest BCUT2D eigenvalue weighted by atomic mass is 9.95. The van der Waals surface area contributed by atoms with Gasteiger partial charge in [0.15, 0.2) is 0 Å². The molecule has 1 N–H and O–H groups in total. The van der Waals surface area contributed by atoms with Crippen molar-refractivity contribution in [3.63, 3.8) is 0 Å². The number of benzene rings is 2. The van der Waals surface area contributed by atoms with E-state index in [0.717, 1.165) is 5.69 Å². The maximum absolute atomic E-state index is 12.7. The largest absolute Gasteiger partial charge is 0.469 e. The van der Waals surface area contributed by atoms with Crippen LogP contribution in [0.4, 0.5) is 5.69 Å². The van der Waals surface area contributed by atoms with Gasteiger partial charge in [0.05, 0.1) is 19.1 Å². The Labute approximate surface area is 159 Å². The molecule has 1 unspecified atom stereocenters. The molecule has 0 aliphatic carbocycles. The predicted octanol–water partition coefficient (Wildman–Crippen LogP) is 3.20. The number of rotatable bonds is 6. The number of likely N-dealkylation sites (N-methyl/N-ethyl adjacent to an activating group) is 1. The van der Waals surface area contributed by atoms with Crippen LogP contribution in [0.15, 0.2) is 60.7 Å². The van der Waals surface area contributed by atoms with E-state index in [1.165, 1.54) is 7.11 Å². The first-order valence-electron chi connectivity index (χ1n) is 8.15. The molecule has 0 heterocycles. The molecule has 6 heteroatoms. The van der Waals surface area contributed by atoms with E-state index in [9.17, 15) is 9.59 Å². The summed E-state index contributed by atoms with van der Waals surface area (Å²) in [5.41, 5.74) is 0.274. The van der Waals surface area contributed by atoms with E-state index in [-0.39, 0.29) is 12.3 Å². The van der Waals surface area contributed by atoms with Gasteiger partial charge in [0.1, 0.15) is 4.99 Å². The van der Waals surface area contributed by atoms with Crippen LogP contribution >= 0.6 is 12.2 Å². The molecule has 0 spiro atoms. The normalized spacial score (nSPS) is 12.6. The molecule has 0 aliphatic rings. The van der Waals surface area contributed by atoms with Gasteiger partial charge in [0, 0.05) is 18.3 Å². The molecule has 2 rings (SSSR count). The lowest BCUT2D eigenvalue weighted by molar-refractivity contribution is -0.141. The summed E-state index contributed by atoms with van der Waals surface area (Å²) in [5.74, 6) is -0.759. The number of esters is 1. The Morgan fingerprint density at radius 3 is 2.15 bits per heavy atom. The summed E-state index contributed by atoms with van der Waals surface area (Å²) in [4.78, 5) is 26.8. The molecular formula is C20H22N2O3S. The highest BCUT2D eigenvalue weighted by molar-refractivity contribution is 7.80. The van der Waals surface area contributed by atoms with Crippen molar-refractivity contribution >= 4 is 34.8 Å². The van der Waals surface area contributed by atoms with Gasteiger partial charge in [-0.25, -0.2) is 0 Å². The zero-order chi connectivity index (χ0) is 19.2. The number of methoxy groups -OCH3 is 1. The van der Waals surface area contributed by atoms with Crippen molar-refractivity contribution < 1.29 is 14.3 Å². The van der Waals surface area contributed by atoms with Crippen molar-refractivity contribution in [2.24, 2.45) is 0 Å². The molecule has 0 bridgehead atoms. The lowest BCUT2D eigenvalue weighted by Crippen LogP contribution is -2.57. The van der Waals surface area contributed by atoms with Crippen LogP contribution in [0.2, 0.25) is 0 Å². The molecule has 0 aliphatic heterocycles. The third-order valence-corrected chi connectivity index (χ3v) is 4.80. The standard InChI is InChI=1S/C20H22N2O3S/c1-20(14-17(23)25-3,21-18(24)15-10-6-4-7-11-15)19(26)22(2)16-12-8-5-9-13-16/h4-13H,14H2,1-3H3,(H,21,24). The highest BCUT2D eigenvalue weighted by Crippen LogP contribution is 2.22. The fourth-order valence-electron chi connectivity index (χ4n) is 2.59. The van der Waals surface area contributed by atoms with Crippen LogP contribution in [0.3, 0.4) is 0 Å². The Kier molecular flexibility index (Phi) is 6.46. The zero-order valence-corrected chi connectivity index (χ0v) is 15.9. The Morgan fingerprint density at radius 2 is 1.62 bits per heavy atom. The fourth-order valence-corrected chi connectivity index (χ4v) is 2.81. The van der Waals surface area contributed by atoms with Crippen molar-refractivity contribution in [1.29, 1.82) is 0 Å². The quantitative estimate of drug-likeness (QED) is 0.625. The minimum absolute atomic E-state index is 0.0713. The van der Waals surface area contributed by atoms with E-state index in [4.69, 9.17) is 17.0 Å². The SMILES string of the molecule is COC(=O)CC(C)(NC(=O)c1ccccc1)C(=S)N(C)c1ccccc1. The molecule has 2 aromatic rings. The molecule has 0 saturated heterocycles. The number of nitrogens with one attached hydrogen (secondary N) is 1. The molecule has 1 atom stereocenters. The Hall–Kier alpha value is -2.73. The summed E-state index contributed by atoms with van der Waals surface area (Å²) >= 11 is 5.63. The van der Waals surface area contributed by atoms with Crippen molar-refractivity contribution in [3.05, 3.63) is 66.2 Å². The van der Waals surface area contributed by atoms with E-state index in [0.29, 0.717) is 10.6 Å². The van der Waals surface area contributed by atoms with Crippen LogP contribution in [0, 0.1) is 0 Å². The molecule has 0 aromatic heterocycles. The number of carbonyl (C=O) groups excluding carboxylic acids is 2. The van der Waals surface area contributed by atoms with Crippen LogP contribution in [0.1, 0.15) is 23.7 Å². The van der Waals surface area contributed by atoms with Crippen LogP contribution in [0.5, 0.6) is 0 Å². The second-order valence-electron chi connectivity index (χ2n) is 6.10. The van der Waals surface area contributed by atoms with E-state index < -0.39 is 11.5 Å². The Bertz CT molecular complexity index is 780. The summed E-state index contributed by atoms with van der Waals surface area (Å²) < 4.78 is 4.80. The molecule has 136 valence electrons. The van der Waals surface area contributed by atoms with Crippen LogP contribution < -0.4 is 10.2 Å². The zero-order valence-electron chi connectivity index (χ0n) is 15.1. The summed E-state index contributed by atoms with van der Waals surface area (Å²) in [5, 5.41) is 2.90. The molecule has 0 saturated carbocycles. The van der Waals surface area contributed by atoms with Crippen LogP contribution in [0.25, 0.3) is 0 Å². The van der Waals surface area contributed by atoms with Crippen molar-refractivity contribution in [2.75, 3.05) is 19.1 Å². The van der Waals surface area contributed by atoms with Crippen LogP contribution in [-0.2, 0) is 9.53 Å².